The molecular formula is C18H17N3O3. The Hall–Kier alpha value is -3.15. The molecule has 6 heteroatoms. The van der Waals surface area contributed by atoms with Crippen molar-refractivity contribution in [1.29, 1.82) is 0 Å². The first kappa shape index (κ1) is 15.7. The molecule has 0 bridgehead atoms. The summed E-state index contributed by atoms with van der Waals surface area (Å²) in [4.78, 5) is 23.7. The van der Waals surface area contributed by atoms with Crippen LogP contribution >= 0.6 is 0 Å². The SMILES string of the molecule is O=C(N/N=C/c1ccc(O)cc1)c1ccc(NC(=O)C2CC2)cc1. The van der Waals surface area contributed by atoms with Crippen molar-refractivity contribution in [1.82, 2.24) is 5.43 Å². The molecule has 6 nitrogen and oxygen atoms in total. The van der Waals surface area contributed by atoms with Crippen LogP contribution in [-0.4, -0.2) is 23.1 Å². The lowest BCUT2D eigenvalue weighted by molar-refractivity contribution is -0.117. The van der Waals surface area contributed by atoms with Crippen LogP contribution in [0.25, 0.3) is 0 Å². The van der Waals surface area contributed by atoms with Crippen LogP contribution in [0.15, 0.2) is 53.6 Å². The molecule has 0 spiro atoms. The minimum atomic E-state index is -0.343. The summed E-state index contributed by atoms with van der Waals surface area (Å²) in [5, 5.41) is 15.9. The van der Waals surface area contributed by atoms with Gasteiger partial charge in [0.1, 0.15) is 5.75 Å². The highest BCUT2D eigenvalue weighted by Crippen LogP contribution is 2.30. The van der Waals surface area contributed by atoms with E-state index in [9.17, 15) is 14.7 Å². The molecule has 2 amide bonds. The molecule has 0 radical (unpaired) electrons. The second kappa shape index (κ2) is 6.95. The van der Waals surface area contributed by atoms with Gasteiger partial charge >= 0.3 is 0 Å². The number of carbonyl (C=O) groups excluding carboxylic acids is 2. The molecule has 1 aliphatic rings. The average Bonchev–Trinajstić information content (AvgIpc) is 3.42. The molecule has 3 rings (SSSR count). The molecular weight excluding hydrogens is 306 g/mol. The van der Waals surface area contributed by atoms with Gasteiger partial charge < -0.3 is 10.4 Å². The Morgan fingerprint density at radius 3 is 2.33 bits per heavy atom. The first-order valence-corrected chi connectivity index (χ1v) is 7.65. The monoisotopic (exact) mass is 323 g/mol. The highest BCUT2D eigenvalue weighted by molar-refractivity contribution is 5.97. The molecule has 0 saturated heterocycles. The Morgan fingerprint density at radius 2 is 1.71 bits per heavy atom. The zero-order chi connectivity index (χ0) is 16.9. The fourth-order valence-electron chi connectivity index (χ4n) is 2.09. The van der Waals surface area contributed by atoms with E-state index in [2.05, 4.69) is 15.8 Å². The number of amides is 2. The van der Waals surface area contributed by atoms with Crippen molar-refractivity contribution in [2.75, 3.05) is 5.32 Å². The van der Waals surface area contributed by atoms with Crippen molar-refractivity contribution >= 4 is 23.7 Å². The van der Waals surface area contributed by atoms with Gasteiger partial charge in [-0.2, -0.15) is 5.10 Å². The van der Waals surface area contributed by atoms with E-state index in [1.807, 2.05) is 0 Å². The topological polar surface area (TPSA) is 90.8 Å². The minimum Gasteiger partial charge on any atom is -0.508 e. The van der Waals surface area contributed by atoms with Gasteiger partial charge in [0.15, 0.2) is 0 Å². The summed E-state index contributed by atoms with van der Waals surface area (Å²) in [6.45, 7) is 0. The van der Waals surface area contributed by atoms with Crippen molar-refractivity contribution in [3.8, 4) is 5.75 Å². The lowest BCUT2D eigenvalue weighted by Gasteiger charge is -2.05. The van der Waals surface area contributed by atoms with E-state index in [1.165, 1.54) is 18.3 Å². The molecule has 2 aromatic rings. The van der Waals surface area contributed by atoms with Gasteiger partial charge in [0, 0.05) is 17.2 Å². The van der Waals surface area contributed by atoms with Crippen LogP contribution in [0.1, 0.15) is 28.8 Å². The van der Waals surface area contributed by atoms with Crippen molar-refractivity contribution in [3.63, 3.8) is 0 Å². The number of anilines is 1. The molecule has 0 unspecified atom stereocenters. The summed E-state index contributed by atoms with van der Waals surface area (Å²) in [5.74, 6) is 0.00283. The second-order valence-electron chi connectivity index (χ2n) is 5.63. The standard InChI is InChI=1S/C18H17N3O3/c22-16-9-1-12(2-10-16)11-19-21-18(24)14-5-7-15(8-6-14)20-17(23)13-3-4-13/h1-2,5-11,13,22H,3-4H2,(H,20,23)(H,21,24)/b19-11+. The molecule has 1 aliphatic carbocycles. The van der Waals surface area contributed by atoms with Crippen LogP contribution in [0.2, 0.25) is 0 Å². The van der Waals surface area contributed by atoms with E-state index < -0.39 is 0 Å². The number of nitrogens with one attached hydrogen (secondary N) is 2. The quantitative estimate of drug-likeness (QED) is 0.583. The Morgan fingerprint density at radius 1 is 1.04 bits per heavy atom. The van der Waals surface area contributed by atoms with Gasteiger partial charge in [0.2, 0.25) is 5.91 Å². The van der Waals surface area contributed by atoms with E-state index >= 15 is 0 Å². The fourth-order valence-corrected chi connectivity index (χ4v) is 2.09. The Balaban J connectivity index is 1.54. The number of phenolic OH excluding ortho intramolecular Hbond substituents is 1. The third kappa shape index (κ3) is 4.19. The van der Waals surface area contributed by atoms with Gasteiger partial charge in [-0.15, -0.1) is 0 Å². The summed E-state index contributed by atoms with van der Waals surface area (Å²) in [6.07, 6.45) is 3.39. The van der Waals surface area contributed by atoms with E-state index in [4.69, 9.17) is 0 Å². The van der Waals surface area contributed by atoms with Crippen LogP contribution in [0, 0.1) is 5.92 Å². The van der Waals surface area contributed by atoms with Gasteiger partial charge in [0.05, 0.1) is 6.21 Å². The molecule has 0 atom stereocenters. The fraction of sp³-hybridized carbons (Fsp3) is 0.167. The Labute approximate surface area is 139 Å². The lowest BCUT2D eigenvalue weighted by Crippen LogP contribution is -2.18. The average molecular weight is 323 g/mol. The van der Waals surface area contributed by atoms with Crippen LogP contribution < -0.4 is 10.7 Å². The maximum atomic E-state index is 12.0. The zero-order valence-corrected chi connectivity index (χ0v) is 12.9. The van der Waals surface area contributed by atoms with Crippen LogP contribution in [0.3, 0.4) is 0 Å². The molecule has 0 heterocycles. The molecule has 3 N–H and O–H groups in total. The zero-order valence-electron chi connectivity index (χ0n) is 12.9. The summed E-state index contributed by atoms with van der Waals surface area (Å²) in [5.41, 5.74) is 4.31. The van der Waals surface area contributed by atoms with Gasteiger partial charge in [-0.3, -0.25) is 9.59 Å². The van der Waals surface area contributed by atoms with E-state index in [1.54, 1.807) is 36.4 Å². The lowest BCUT2D eigenvalue weighted by atomic mass is 10.2. The molecule has 0 aliphatic heterocycles. The molecule has 1 saturated carbocycles. The Bertz CT molecular complexity index is 763. The maximum absolute atomic E-state index is 12.0. The minimum absolute atomic E-state index is 0.0331. The number of hydrogen-bond donors (Lipinski definition) is 3. The van der Waals surface area contributed by atoms with Crippen LogP contribution in [-0.2, 0) is 4.79 Å². The van der Waals surface area contributed by atoms with Gasteiger partial charge in [-0.1, -0.05) is 0 Å². The first-order valence-electron chi connectivity index (χ1n) is 7.65. The largest absolute Gasteiger partial charge is 0.508 e. The molecule has 122 valence electrons. The van der Waals surface area contributed by atoms with Gasteiger partial charge in [-0.25, -0.2) is 5.43 Å². The summed E-state index contributed by atoms with van der Waals surface area (Å²) < 4.78 is 0. The number of carbonyl (C=O) groups is 2. The maximum Gasteiger partial charge on any atom is 0.271 e. The van der Waals surface area contributed by atoms with E-state index in [0.29, 0.717) is 11.3 Å². The number of hydrogen-bond acceptors (Lipinski definition) is 4. The number of rotatable bonds is 5. The second-order valence-corrected chi connectivity index (χ2v) is 5.63. The van der Waals surface area contributed by atoms with Gasteiger partial charge in [0.25, 0.3) is 5.91 Å². The summed E-state index contributed by atoms with van der Waals surface area (Å²) in [6, 6.07) is 13.1. The van der Waals surface area contributed by atoms with Crippen molar-refractivity contribution in [3.05, 3.63) is 59.7 Å². The third-order valence-electron chi connectivity index (χ3n) is 3.64. The smallest absolute Gasteiger partial charge is 0.271 e. The van der Waals surface area contributed by atoms with E-state index in [-0.39, 0.29) is 23.5 Å². The molecule has 1 fully saturated rings. The predicted octanol–water partition coefficient (Wildman–Crippen LogP) is 2.50. The number of aromatic hydroxyl groups is 1. The molecule has 2 aromatic carbocycles. The highest BCUT2D eigenvalue weighted by Gasteiger charge is 2.29. The normalized spacial score (nSPS) is 13.7. The van der Waals surface area contributed by atoms with Crippen LogP contribution in [0.5, 0.6) is 5.75 Å². The van der Waals surface area contributed by atoms with Gasteiger partial charge in [-0.05, 0) is 66.9 Å². The first-order chi connectivity index (χ1) is 11.6. The number of hydrazone groups is 1. The van der Waals surface area contributed by atoms with Crippen molar-refractivity contribution in [2.24, 2.45) is 11.0 Å². The number of nitrogens with zero attached hydrogens (tertiary/aromatic N) is 1. The van der Waals surface area contributed by atoms with E-state index in [0.717, 1.165) is 18.4 Å². The number of phenols is 1. The highest BCUT2D eigenvalue weighted by atomic mass is 16.3. The van der Waals surface area contributed by atoms with Crippen molar-refractivity contribution in [2.45, 2.75) is 12.8 Å². The van der Waals surface area contributed by atoms with Crippen molar-refractivity contribution < 1.29 is 14.7 Å². The molecule has 0 aromatic heterocycles. The summed E-state index contributed by atoms with van der Waals surface area (Å²) >= 11 is 0. The predicted molar refractivity (Wildman–Crippen MR) is 91.0 cm³/mol. The van der Waals surface area contributed by atoms with Crippen LogP contribution in [0.4, 0.5) is 5.69 Å². The number of benzene rings is 2. The summed E-state index contributed by atoms with van der Waals surface area (Å²) in [7, 11) is 0. The Kier molecular flexibility index (Phi) is 4.56. The molecule has 24 heavy (non-hydrogen) atoms. The third-order valence-corrected chi connectivity index (χ3v) is 3.64.